The average Bonchev–Trinajstić information content (AvgIpc) is 2.73. The second-order valence-corrected chi connectivity index (χ2v) is 15.1. The number of esters is 1. The first-order chi connectivity index (χ1) is 15.3. The number of alkyl halides is 6. The molecule has 1 unspecified atom stereocenters. The quantitative estimate of drug-likeness (QED) is 0.268. The number of carbonyl (C=O) groups excluding carboxylic acids is 3. The molecule has 1 saturated heterocycles. The third kappa shape index (κ3) is 6.36. The van der Waals surface area contributed by atoms with Crippen LogP contribution in [0.25, 0.3) is 0 Å². The smallest absolute Gasteiger partial charge is 0.416 e. The first kappa shape index (κ1) is 26.2. The minimum absolute atomic E-state index is 0.00800. The van der Waals surface area contributed by atoms with E-state index in [0.717, 1.165) is 34.9 Å². The van der Waals surface area contributed by atoms with E-state index in [1.54, 1.807) is 0 Å². The summed E-state index contributed by atoms with van der Waals surface area (Å²) in [5, 5.41) is 11.9. The van der Waals surface area contributed by atoms with Gasteiger partial charge in [0, 0.05) is 0 Å². The van der Waals surface area contributed by atoms with Crippen LogP contribution in [-0.2, 0) is 25.3 Å². The Hall–Kier alpha value is -1.45. The fourth-order valence-corrected chi connectivity index (χ4v) is 4.48. The highest BCUT2D eigenvalue weighted by atomic mass is 80.0. The number of aliphatic hydroxyl groups is 1. The normalized spacial score (nSPS) is 20.7. The van der Waals surface area contributed by atoms with Crippen LogP contribution in [0.1, 0.15) is 5.56 Å². The van der Waals surface area contributed by atoms with Gasteiger partial charge in [-0.3, -0.25) is 14.5 Å². The van der Waals surface area contributed by atoms with E-state index in [4.69, 9.17) is 9.47 Å². The van der Waals surface area contributed by atoms with Crippen molar-refractivity contribution in [2.75, 3.05) is 19.0 Å². The van der Waals surface area contributed by atoms with Crippen molar-refractivity contribution < 1.29 is 42.1 Å². The van der Waals surface area contributed by atoms with E-state index in [9.17, 15) is 32.7 Å². The van der Waals surface area contributed by atoms with E-state index in [1.165, 1.54) is 6.07 Å². The zero-order valence-electron chi connectivity index (χ0n) is 16.2. The molecule has 8 nitrogen and oxygen atoms in total. The summed E-state index contributed by atoms with van der Waals surface area (Å²) in [5.74, 6) is -2.80. The Balaban J connectivity index is 1.58. The summed E-state index contributed by atoms with van der Waals surface area (Å²) < 4.78 is 47.6. The number of nitrogens with zero attached hydrogens (tertiary/aromatic N) is 1. The zero-order chi connectivity index (χ0) is 24.6. The van der Waals surface area contributed by atoms with Gasteiger partial charge in [0.2, 0.25) is 0 Å². The summed E-state index contributed by atoms with van der Waals surface area (Å²) in [7, 11) is 0. The van der Waals surface area contributed by atoms with Crippen molar-refractivity contribution in [3.63, 3.8) is 0 Å². The van der Waals surface area contributed by atoms with Crippen LogP contribution in [-0.4, -0.2) is 60.3 Å². The van der Waals surface area contributed by atoms with E-state index in [1.807, 2.05) is 0 Å². The molecule has 180 valence electrons. The van der Waals surface area contributed by atoms with Crippen LogP contribution >= 0.6 is 59.6 Å². The van der Waals surface area contributed by atoms with Crippen molar-refractivity contribution in [2.45, 2.75) is 19.7 Å². The van der Waals surface area contributed by atoms with Crippen LogP contribution in [0.2, 0.25) is 0 Å². The van der Waals surface area contributed by atoms with Gasteiger partial charge in [-0.05, 0) is 18.2 Å². The van der Waals surface area contributed by atoms with Gasteiger partial charge < -0.3 is 19.9 Å². The number of thioether (sulfide) groups is 1. The number of hydrogen-bond donors (Lipinski definition) is 2. The first-order valence-electron chi connectivity index (χ1n) is 8.98. The number of ether oxygens (including phenoxy) is 2. The number of carbonyl (C=O) groups is 3. The van der Waals surface area contributed by atoms with Gasteiger partial charge in [0.25, 0.3) is 11.8 Å². The second kappa shape index (κ2) is 10.0. The molecule has 2 aliphatic heterocycles. The van der Waals surface area contributed by atoms with Gasteiger partial charge in [-0.15, -0.1) is 11.8 Å². The lowest BCUT2D eigenvalue weighted by atomic mass is 10.0. The molecule has 1 aromatic rings. The molecule has 2 heterocycles. The number of rotatable bonds is 6. The monoisotopic (exact) mass is 680 g/mol. The molecule has 3 rings (SSSR count). The van der Waals surface area contributed by atoms with E-state index < -0.39 is 49.7 Å². The van der Waals surface area contributed by atoms with Gasteiger partial charge in [0.05, 0.1) is 11.3 Å². The van der Waals surface area contributed by atoms with Gasteiger partial charge in [-0.2, -0.15) is 13.2 Å². The third-order valence-corrected chi connectivity index (χ3v) is 6.31. The van der Waals surface area contributed by atoms with E-state index in [2.05, 4.69) is 53.1 Å². The predicted octanol–water partition coefficient (Wildman–Crippen LogP) is 3.64. The molecule has 1 fully saturated rings. The molecular formula is C18H14Br3F3N2O6S. The van der Waals surface area contributed by atoms with Crippen LogP contribution in [0.15, 0.2) is 35.7 Å². The molecule has 2 aliphatic rings. The molecule has 0 spiro atoms. The summed E-state index contributed by atoms with van der Waals surface area (Å²) in [6, 6.07) is 3.03. The topological polar surface area (TPSA) is 105 Å². The average molecular weight is 683 g/mol. The van der Waals surface area contributed by atoms with Crippen LogP contribution in [0.5, 0.6) is 5.75 Å². The summed E-state index contributed by atoms with van der Waals surface area (Å²) in [4.78, 5) is 38.2. The van der Waals surface area contributed by atoms with Crippen LogP contribution in [0.3, 0.4) is 0 Å². The molecule has 33 heavy (non-hydrogen) atoms. The van der Waals surface area contributed by atoms with E-state index in [0.29, 0.717) is 0 Å². The molecule has 2 N–H and O–H groups in total. The number of β-lactam (4-membered cyclic amide) rings is 1. The Bertz CT molecular complexity index is 1000. The Labute approximate surface area is 214 Å². The molecule has 15 heteroatoms. The highest BCUT2D eigenvalue weighted by Gasteiger charge is 2.55. The van der Waals surface area contributed by atoms with Crippen molar-refractivity contribution in [1.29, 1.82) is 0 Å². The number of halogens is 6. The van der Waals surface area contributed by atoms with Crippen molar-refractivity contribution >= 4 is 77.3 Å². The number of benzene rings is 1. The van der Waals surface area contributed by atoms with Gasteiger partial charge in [-0.25, -0.2) is 4.79 Å². The molecule has 2 atom stereocenters. The summed E-state index contributed by atoms with van der Waals surface area (Å²) in [6.45, 7) is -0.794. The SMILES string of the molecule is O=C(COc1cccc(C(F)(F)F)c1)NC1C(=O)N2C(C(=O)OCC(Br)(Br)Br)=C(O)CS[C@H]12. The number of amides is 2. The lowest BCUT2D eigenvalue weighted by Gasteiger charge is -2.48. The molecule has 0 saturated carbocycles. The van der Waals surface area contributed by atoms with Gasteiger partial charge >= 0.3 is 12.1 Å². The van der Waals surface area contributed by atoms with Crippen LogP contribution < -0.4 is 10.1 Å². The van der Waals surface area contributed by atoms with Crippen molar-refractivity contribution in [1.82, 2.24) is 10.2 Å². The molecule has 0 aromatic heterocycles. The maximum Gasteiger partial charge on any atom is 0.416 e. The van der Waals surface area contributed by atoms with Gasteiger partial charge in [0.1, 0.15) is 29.5 Å². The third-order valence-electron chi connectivity index (χ3n) is 4.36. The lowest BCUT2D eigenvalue weighted by Crippen LogP contribution is -2.71. The van der Waals surface area contributed by atoms with Crippen LogP contribution in [0.4, 0.5) is 13.2 Å². The summed E-state index contributed by atoms with van der Waals surface area (Å²) >= 11 is 10.6. The molecule has 0 radical (unpaired) electrons. The minimum atomic E-state index is -4.56. The maximum atomic E-state index is 12.8. The molecule has 1 aromatic carbocycles. The molecule has 0 aliphatic carbocycles. The van der Waals surface area contributed by atoms with E-state index >= 15 is 0 Å². The zero-order valence-corrected chi connectivity index (χ0v) is 21.8. The highest BCUT2D eigenvalue weighted by molar-refractivity contribution is 9.39. The van der Waals surface area contributed by atoms with Crippen molar-refractivity contribution in [3.05, 3.63) is 41.3 Å². The Morgan fingerprint density at radius 2 is 1.97 bits per heavy atom. The van der Waals surface area contributed by atoms with E-state index in [-0.39, 0.29) is 29.6 Å². The lowest BCUT2D eigenvalue weighted by molar-refractivity contribution is -0.153. The maximum absolute atomic E-state index is 12.8. The Morgan fingerprint density at radius 3 is 2.61 bits per heavy atom. The number of nitrogens with one attached hydrogen (secondary N) is 1. The minimum Gasteiger partial charge on any atom is -0.509 e. The van der Waals surface area contributed by atoms with Gasteiger partial charge in [0.15, 0.2) is 14.4 Å². The van der Waals surface area contributed by atoms with Crippen LogP contribution in [0, 0.1) is 0 Å². The number of aliphatic hydroxyl groups excluding tert-OH is 1. The molecule has 0 bridgehead atoms. The summed E-state index contributed by atoms with van der Waals surface area (Å²) in [6.07, 6.45) is -4.56. The Morgan fingerprint density at radius 1 is 1.27 bits per heavy atom. The molecule has 2 amide bonds. The largest absolute Gasteiger partial charge is 0.509 e. The van der Waals surface area contributed by atoms with Crippen molar-refractivity contribution in [3.8, 4) is 5.75 Å². The standard InChI is InChI=1S/C18H14Br3F3N2O6S/c19-17(20,21)7-32-16(30)13-10(27)6-33-15-12(14(29)26(13)15)25-11(28)5-31-9-3-1-2-8(4-9)18(22,23)24/h1-4,12,15,27H,5-7H2,(H,25,28)/t12?,15-/m1/s1. The predicted molar refractivity (Wildman–Crippen MR) is 122 cm³/mol. The molecular weight excluding hydrogens is 669 g/mol. The van der Waals surface area contributed by atoms with Crippen molar-refractivity contribution in [2.24, 2.45) is 0 Å². The summed E-state index contributed by atoms with van der Waals surface area (Å²) in [5.41, 5.74) is -1.24. The fourth-order valence-electron chi connectivity index (χ4n) is 2.94. The fraction of sp³-hybridized carbons (Fsp3) is 0.389. The Kier molecular flexibility index (Phi) is 7.96. The first-order valence-corrected chi connectivity index (χ1v) is 12.4. The highest BCUT2D eigenvalue weighted by Crippen LogP contribution is 2.40. The van der Waals surface area contributed by atoms with Gasteiger partial charge in [-0.1, -0.05) is 53.9 Å². The second-order valence-electron chi connectivity index (χ2n) is 6.76. The number of fused-ring (bicyclic) bond motifs is 1. The number of hydrogen-bond acceptors (Lipinski definition) is 7.